The summed E-state index contributed by atoms with van der Waals surface area (Å²) in [5.74, 6) is 0.0838. The molecule has 41 heavy (non-hydrogen) atoms. The minimum Gasteiger partial charge on any atom is -0.497 e. The molecule has 2 aromatic rings. The number of carbonyl (C=O) groups excluding carboxylic acids is 2. The Labute approximate surface area is 249 Å². The molecule has 0 aliphatic heterocycles. The molecule has 0 heterocycles. The number of ether oxygens (including phenoxy) is 1. The van der Waals surface area contributed by atoms with Crippen molar-refractivity contribution in [3.63, 3.8) is 0 Å². The largest absolute Gasteiger partial charge is 0.497 e. The quantitative estimate of drug-likeness (QED) is 0.243. The molecule has 0 spiro atoms. The number of hydrogen-bond acceptors (Lipinski definition) is 6. The number of nitrogens with one attached hydrogen (secondary N) is 1. The average molecular weight is 580 g/mol. The molecule has 4 N–H and O–H groups in total. The van der Waals surface area contributed by atoms with E-state index in [1.807, 2.05) is 78.6 Å². The van der Waals surface area contributed by atoms with Crippen molar-refractivity contribution in [2.24, 2.45) is 17.1 Å². The summed E-state index contributed by atoms with van der Waals surface area (Å²) in [6, 6.07) is 17.7. The second kappa shape index (κ2) is 15.8. The lowest BCUT2D eigenvalue weighted by Crippen LogP contribution is -2.52. The third-order valence-electron chi connectivity index (χ3n) is 7.49. The minimum atomic E-state index is -1.22. The number of carbonyl (C=O) groups is 2. The summed E-state index contributed by atoms with van der Waals surface area (Å²) >= 11 is 1.58. The number of nitrogens with zero attached hydrogens (tertiary/aromatic N) is 1. The van der Waals surface area contributed by atoms with Crippen LogP contribution in [0.15, 0.2) is 82.8 Å². The Bertz CT molecular complexity index is 1210. The van der Waals surface area contributed by atoms with Crippen molar-refractivity contribution in [2.45, 2.75) is 57.6 Å². The fourth-order valence-electron chi connectivity index (χ4n) is 5.51. The molecule has 3 atom stereocenters. The van der Waals surface area contributed by atoms with E-state index in [4.69, 9.17) is 10.5 Å². The van der Waals surface area contributed by atoms with Crippen molar-refractivity contribution >= 4 is 23.6 Å². The second-order valence-electron chi connectivity index (χ2n) is 10.7. The molecule has 1 aliphatic carbocycles. The van der Waals surface area contributed by atoms with Gasteiger partial charge in [0, 0.05) is 48.3 Å². The van der Waals surface area contributed by atoms with Gasteiger partial charge in [-0.05, 0) is 56.0 Å². The zero-order valence-corrected chi connectivity index (χ0v) is 25.6. The molecule has 0 fully saturated rings. The minimum absolute atomic E-state index is 0.0631. The van der Waals surface area contributed by atoms with Crippen molar-refractivity contribution in [2.75, 3.05) is 32.5 Å². The molecule has 0 bridgehead atoms. The molecule has 1 unspecified atom stereocenters. The van der Waals surface area contributed by atoms with E-state index in [1.165, 1.54) is 0 Å². The Morgan fingerprint density at radius 2 is 1.83 bits per heavy atom. The van der Waals surface area contributed by atoms with E-state index in [9.17, 15) is 14.7 Å². The van der Waals surface area contributed by atoms with Gasteiger partial charge in [0.05, 0.1) is 18.6 Å². The summed E-state index contributed by atoms with van der Waals surface area (Å²) in [7, 11) is 1.63. The van der Waals surface area contributed by atoms with Crippen LogP contribution in [0.4, 0.5) is 0 Å². The molecule has 0 saturated carbocycles. The molecule has 7 nitrogen and oxygen atoms in total. The van der Waals surface area contributed by atoms with E-state index in [0.717, 1.165) is 34.6 Å². The number of allylic oxidation sites excluding steroid dienone is 2. The molecule has 3 rings (SSSR count). The van der Waals surface area contributed by atoms with Gasteiger partial charge in [0.25, 0.3) is 0 Å². The normalized spacial score (nSPS) is 18.2. The monoisotopic (exact) mass is 579 g/mol. The second-order valence-corrected chi connectivity index (χ2v) is 11.8. The molecule has 8 heteroatoms. The van der Waals surface area contributed by atoms with Gasteiger partial charge in [-0.25, -0.2) is 0 Å². The summed E-state index contributed by atoms with van der Waals surface area (Å²) in [4.78, 5) is 30.0. The van der Waals surface area contributed by atoms with Gasteiger partial charge in [-0.3, -0.25) is 9.59 Å². The number of amides is 2. The fraction of sp³-hybridized carbons (Fsp3) is 0.455. The van der Waals surface area contributed by atoms with Crippen molar-refractivity contribution in [3.8, 4) is 5.75 Å². The Morgan fingerprint density at radius 1 is 1.12 bits per heavy atom. The van der Waals surface area contributed by atoms with Gasteiger partial charge in [0.15, 0.2) is 0 Å². The Balaban J connectivity index is 1.90. The first-order chi connectivity index (χ1) is 19.7. The summed E-state index contributed by atoms with van der Waals surface area (Å²) in [5, 5.41) is 15.0. The number of aliphatic hydroxyl groups is 1. The number of hydrogen-bond donors (Lipinski definition) is 3. The number of nitrogens with two attached hydrogens (primary N) is 1. The van der Waals surface area contributed by atoms with Gasteiger partial charge in [-0.1, -0.05) is 61.9 Å². The lowest BCUT2D eigenvalue weighted by atomic mass is 9.65. The van der Waals surface area contributed by atoms with Crippen molar-refractivity contribution in [1.29, 1.82) is 0 Å². The maximum absolute atomic E-state index is 13.7. The molecule has 222 valence electrons. The highest BCUT2D eigenvalue weighted by Crippen LogP contribution is 2.45. The van der Waals surface area contributed by atoms with Crippen molar-refractivity contribution in [3.05, 3.63) is 83.5 Å². The maximum Gasteiger partial charge on any atom is 0.249 e. The van der Waals surface area contributed by atoms with Gasteiger partial charge < -0.3 is 25.8 Å². The molecular weight excluding hydrogens is 534 g/mol. The van der Waals surface area contributed by atoms with E-state index in [-0.39, 0.29) is 18.9 Å². The van der Waals surface area contributed by atoms with Crippen LogP contribution in [0.5, 0.6) is 5.75 Å². The first-order valence-corrected chi connectivity index (χ1v) is 15.4. The van der Waals surface area contributed by atoms with Crippen LogP contribution in [0.25, 0.3) is 0 Å². The van der Waals surface area contributed by atoms with Gasteiger partial charge in [-0.2, -0.15) is 0 Å². The zero-order chi connectivity index (χ0) is 29.8. The van der Waals surface area contributed by atoms with Gasteiger partial charge in [0.1, 0.15) is 5.75 Å². The lowest BCUT2D eigenvalue weighted by Gasteiger charge is -2.41. The summed E-state index contributed by atoms with van der Waals surface area (Å²) < 4.78 is 5.33. The number of aliphatic hydroxyl groups excluding tert-OH is 1. The van der Waals surface area contributed by atoms with Crippen LogP contribution in [0.1, 0.15) is 45.6 Å². The lowest BCUT2D eigenvalue weighted by molar-refractivity contribution is -0.131. The highest BCUT2D eigenvalue weighted by atomic mass is 32.2. The van der Waals surface area contributed by atoms with Gasteiger partial charge >= 0.3 is 0 Å². The summed E-state index contributed by atoms with van der Waals surface area (Å²) in [6.45, 7) is 8.08. The van der Waals surface area contributed by atoms with Gasteiger partial charge in [0.2, 0.25) is 11.8 Å². The Morgan fingerprint density at radius 3 is 2.46 bits per heavy atom. The number of benzene rings is 2. The van der Waals surface area contributed by atoms with Crippen molar-refractivity contribution in [1.82, 2.24) is 10.2 Å². The van der Waals surface area contributed by atoms with Crippen LogP contribution in [-0.4, -0.2) is 60.4 Å². The Kier molecular flexibility index (Phi) is 12.5. The topological polar surface area (TPSA) is 105 Å². The highest BCUT2D eigenvalue weighted by molar-refractivity contribution is 7.99. The molecule has 0 radical (unpaired) electrons. The van der Waals surface area contributed by atoms with Gasteiger partial charge in [-0.15, -0.1) is 11.8 Å². The molecule has 2 amide bonds. The smallest absolute Gasteiger partial charge is 0.249 e. The highest BCUT2D eigenvalue weighted by Gasteiger charge is 2.48. The molecular formula is C33H45N3O4S. The van der Waals surface area contributed by atoms with Crippen LogP contribution in [-0.2, 0) is 16.1 Å². The van der Waals surface area contributed by atoms with Crippen LogP contribution in [0.3, 0.4) is 0 Å². The predicted octanol–water partition coefficient (Wildman–Crippen LogP) is 4.95. The summed E-state index contributed by atoms with van der Waals surface area (Å²) in [5.41, 5.74) is 7.36. The molecule has 1 aliphatic rings. The van der Waals surface area contributed by atoms with Crippen LogP contribution in [0, 0.1) is 11.3 Å². The Hall–Kier alpha value is -3.07. The first kappa shape index (κ1) is 32.4. The molecule has 2 aromatic carbocycles. The number of thioether (sulfide) groups is 1. The third-order valence-corrected chi connectivity index (χ3v) is 8.62. The van der Waals surface area contributed by atoms with Crippen LogP contribution in [0.2, 0.25) is 0 Å². The predicted molar refractivity (Wildman–Crippen MR) is 167 cm³/mol. The van der Waals surface area contributed by atoms with E-state index >= 15 is 0 Å². The summed E-state index contributed by atoms with van der Waals surface area (Å²) in [6.07, 6.45) is 4.71. The van der Waals surface area contributed by atoms with E-state index in [0.29, 0.717) is 31.0 Å². The number of primary amides is 1. The average Bonchev–Trinajstić information content (AvgIpc) is 2.97. The van der Waals surface area contributed by atoms with E-state index in [1.54, 1.807) is 18.9 Å². The van der Waals surface area contributed by atoms with Crippen LogP contribution < -0.4 is 15.8 Å². The first-order valence-electron chi connectivity index (χ1n) is 14.4. The van der Waals surface area contributed by atoms with Crippen LogP contribution >= 0.6 is 11.8 Å². The van der Waals surface area contributed by atoms with E-state index < -0.39 is 23.3 Å². The number of rotatable bonds is 16. The van der Waals surface area contributed by atoms with Crippen molar-refractivity contribution < 1.29 is 19.4 Å². The SMILES string of the molecule is CCCN(CCC)C(=O)C1=CC(C)=CC(C(N)=O)([C@@H](CSc2ccccc2)[C@@H](O)CNCc2cccc(OC)c2)C1. The van der Waals surface area contributed by atoms with E-state index in [2.05, 4.69) is 19.2 Å². The fourth-order valence-corrected chi connectivity index (χ4v) is 6.75. The molecule has 0 aromatic heterocycles. The molecule has 0 saturated heterocycles. The number of methoxy groups -OCH3 is 1. The third kappa shape index (κ3) is 8.71. The maximum atomic E-state index is 13.7. The standard InChI is InChI=1S/C33H45N3O4S/c1-5-15-36(16-6-2)31(38)26-17-24(3)19-33(20-26,32(34)39)29(23-41-28-13-8-7-9-14-28)30(37)22-35-21-25-11-10-12-27(18-25)40-4/h7-14,17-19,29-30,35,37H,5-6,15-16,20-23H2,1-4H3,(H2,34,39)/t29-,30-,33?/m0/s1. The zero-order valence-electron chi connectivity index (χ0n) is 24.8.